The predicted molar refractivity (Wildman–Crippen MR) is 63.7 cm³/mol. The topological polar surface area (TPSA) is 29.5 Å². The van der Waals surface area contributed by atoms with Gasteiger partial charge in [-0.15, -0.1) is 0 Å². The van der Waals surface area contributed by atoms with E-state index in [0.717, 1.165) is 25.1 Å². The van der Waals surface area contributed by atoms with Gasteiger partial charge in [0.15, 0.2) is 0 Å². The molecule has 4 unspecified atom stereocenters. The number of nitrogens with zero attached hydrogens (tertiary/aromatic N) is 1. The van der Waals surface area contributed by atoms with Gasteiger partial charge in [-0.05, 0) is 25.0 Å². The summed E-state index contributed by atoms with van der Waals surface area (Å²) in [5, 5.41) is 0. The average molecular weight is 229 g/mol. The molecule has 3 heteroatoms. The molecule has 0 spiro atoms. The molecule has 4 rings (SSSR count). The van der Waals surface area contributed by atoms with Gasteiger partial charge in [0, 0.05) is 18.2 Å². The van der Waals surface area contributed by atoms with Crippen LogP contribution in [-0.4, -0.2) is 24.7 Å². The molecule has 3 heterocycles. The van der Waals surface area contributed by atoms with E-state index in [9.17, 15) is 4.79 Å². The summed E-state index contributed by atoms with van der Waals surface area (Å²) in [5.74, 6) is 0.837. The van der Waals surface area contributed by atoms with Crippen molar-refractivity contribution < 1.29 is 9.53 Å². The zero-order valence-electron chi connectivity index (χ0n) is 9.58. The van der Waals surface area contributed by atoms with E-state index in [1.165, 1.54) is 0 Å². The number of amides is 1. The Morgan fingerprint density at radius 2 is 1.88 bits per heavy atom. The molecule has 1 amide bonds. The van der Waals surface area contributed by atoms with Crippen LogP contribution in [0.1, 0.15) is 12.8 Å². The molecule has 3 aliphatic heterocycles. The molecule has 3 nitrogen and oxygen atoms in total. The summed E-state index contributed by atoms with van der Waals surface area (Å²) < 4.78 is 5.85. The first kappa shape index (κ1) is 9.66. The minimum Gasteiger partial charge on any atom is -0.374 e. The fraction of sp³-hybridized carbons (Fsp3) is 0.500. The second kappa shape index (κ2) is 3.33. The van der Waals surface area contributed by atoms with Crippen LogP contribution in [0.5, 0.6) is 0 Å². The van der Waals surface area contributed by atoms with Crippen LogP contribution < -0.4 is 4.90 Å². The summed E-state index contributed by atoms with van der Waals surface area (Å²) in [6.07, 6.45) is 2.75. The van der Waals surface area contributed by atoms with Crippen molar-refractivity contribution in [2.75, 3.05) is 11.4 Å². The first-order valence-corrected chi connectivity index (χ1v) is 6.36. The van der Waals surface area contributed by atoms with Crippen molar-refractivity contribution in [1.82, 2.24) is 0 Å². The van der Waals surface area contributed by atoms with E-state index in [2.05, 4.69) is 0 Å². The Morgan fingerprint density at radius 3 is 2.65 bits per heavy atom. The van der Waals surface area contributed by atoms with Gasteiger partial charge < -0.3 is 9.64 Å². The minimum atomic E-state index is 0.133. The molecular formula is C14H15NO2. The van der Waals surface area contributed by atoms with E-state index >= 15 is 0 Å². The van der Waals surface area contributed by atoms with Gasteiger partial charge >= 0.3 is 0 Å². The highest BCUT2D eigenvalue weighted by molar-refractivity contribution is 5.98. The van der Waals surface area contributed by atoms with Crippen molar-refractivity contribution in [1.29, 1.82) is 0 Å². The Bertz CT molecular complexity index is 459. The Kier molecular flexibility index (Phi) is 1.89. The third kappa shape index (κ3) is 1.23. The Balaban J connectivity index is 1.67. The van der Waals surface area contributed by atoms with Crippen LogP contribution in [0.15, 0.2) is 30.3 Å². The first-order chi connectivity index (χ1) is 8.34. The highest BCUT2D eigenvalue weighted by Gasteiger charge is 2.57. The monoisotopic (exact) mass is 229 g/mol. The van der Waals surface area contributed by atoms with Gasteiger partial charge in [0.05, 0.1) is 18.1 Å². The molecule has 0 radical (unpaired) electrons. The van der Waals surface area contributed by atoms with Crippen LogP contribution >= 0.6 is 0 Å². The van der Waals surface area contributed by atoms with Crippen molar-refractivity contribution >= 4 is 11.6 Å². The average Bonchev–Trinajstić information content (AvgIpc) is 3.03. The number of carbonyl (C=O) groups is 1. The lowest BCUT2D eigenvalue weighted by atomic mass is 9.81. The van der Waals surface area contributed by atoms with Gasteiger partial charge in [0.1, 0.15) is 0 Å². The molecule has 1 aromatic rings. The van der Waals surface area contributed by atoms with Crippen LogP contribution in [0, 0.1) is 11.8 Å². The van der Waals surface area contributed by atoms with Crippen molar-refractivity contribution in [3.63, 3.8) is 0 Å². The van der Waals surface area contributed by atoms with Crippen LogP contribution in [-0.2, 0) is 9.53 Å². The van der Waals surface area contributed by atoms with Gasteiger partial charge in [-0.25, -0.2) is 0 Å². The molecular weight excluding hydrogens is 214 g/mol. The summed E-state index contributed by atoms with van der Waals surface area (Å²) in [4.78, 5) is 14.4. The molecule has 0 N–H and O–H groups in total. The number of rotatable bonds is 1. The zero-order chi connectivity index (χ0) is 11.4. The molecule has 0 aromatic heterocycles. The van der Waals surface area contributed by atoms with Gasteiger partial charge in [0.25, 0.3) is 0 Å². The van der Waals surface area contributed by atoms with Crippen molar-refractivity contribution in [3.8, 4) is 0 Å². The number of carbonyl (C=O) groups excluding carboxylic acids is 1. The van der Waals surface area contributed by atoms with E-state index in [4.69, 9.17) is 4.74 Å². The molecule has 1 aromatic carbocycles. The number of para-hydroxylation sites is 1. The lowest BCUT2D eigenvalue weighted by Crippen LogP contribution is -2.31. The van der Waals surface area contributed by atoms with E-state index < -0.39 is 0 Å². The first-order valence-electron chi connectivity index (χ1n) is 6.36. The molecule has 88 valence electrons. The molecule has 3 aliphatic rings. The number of anilines is 1. The number of hydrogen-bond donors (Lipinski definition) is 0. The Hall–Kier alpha value is -1.35. The molecule has 0 aliphatic carbocycles. The summed E-state index contributed by atoms with van der Waals surface area (Å²) >= 11 is 0. The normalized spacial score (nSPS) is 38.8. The number of ether oxygens (including phenoxy) is 1. The predicted octanol–water partition coefficient (Wildman–Crippen LogP) is 1.83. The molecule has 3 fully saturated rings. The highest BCUT2D eigenvalue weighted by atomic mass is 16.5. The maximum Gasteiger partial charge on any atom is 0.233 e. The van der Waals surface area contributed by atoms with E-state index in [1.54, 1.807) is 0 Å². The van der Waals surface area contributed by atoms with Gasteiger partial charge in [-0.2, -0.15) is 0 Å². The molecule has 3 saturated heterocycles. The van der Waals surface area contributed by atoms with Crippen LogP contribution in [0.3, 0.4) is 0 Å². The van der Waals surface area contributed by atoms with Gasteiger partial charge in [0.2, 0.25) is 5.91 Å². The Morgan fingerprint density at radius 1 is 1.12 bits per heavy atom. The van der Waals surface area contributed by atoms with Crippen LogP contribution in [0.2, 0.25) is 0 Å². The summed E-state index contributed by atoms with van der Waals surface area (Å²) in [6, 6.07) is 9.99. The Labute approximate surface area is 100 Å². The fourth-order valence-electron chi connectivity index (χ4n) is 3.67. The van der Waals surface area contributed by atoms with Gasteiger partial charge in [-0.1, -0.05) is 18.2 Å². The number of fused-ring (bicyclic) bond motifs is 5. The van der Waals surface area contributed by atoms with Crippen LogP contribution in [0.4, 0.5) is 5.69 Å². The zero-order valence-corrected chi connectivity index (χ0v) is 9.58. The molecule has 0 saturated carbocycles. The fourth-order valence-corrected chi connectivity index (χ4v) is 3.67. The maximum atomic E-state index is 12.4. The number of benzene rings is 1. The molecule has 4 atom stereocenters. The SMILES string of the molecule is O=C1C2C3CCC(O3)C2CN1c1ccccc1. The second-order valence-corrected chi connectivity index (χ2v) is 5.26. The van der Waals surface area contributed by atoms with Crippen LogP contribution in [0.25, 0.3) is 0 Å². The lowest BCUT2D eigenvalue weighted by Gasteiger charge is -2.18. The maximum absolute atomic E-state index is 12.4. The van der Waals surface area contributed by atoms with E-state index in [1.807, 2.05) is 35.2 Å². The molecule has 2 bridgehead atoms. The van der Waals surface area contributed by atoms with Gasteiger partial charge in [-0.3, -0.25) is 4.79 Å². The summed E-state index contributed by atoms with van der Waals surface area (Å²) in [5.41, 5.74) is 1.03. The second-order valence-electron chi connectivity index (χ2n) is 5.26. The third-order valence-electron chi connectivity index (χ3n) is 4.44. The quantitative estimate of drug-likeness (QED) is 0.735. The van der Waals surface area contributed by atoms with Crippen molar-refractivity contribution in [2.45, 2.75) is 25.0 Å². The lowest BCUT2D eigenvalue weighted by molar-refractivity contribution is -0.122. The van der Waals surface area contributed by atoms with E-state index in [-0.39, 0.29) is 17.9 Å². The standard InChI is InChI=1S/C14H15NO2/c16-14-13-10(11-6-7-12(13)17-11)8-15(14)9-4-2-1-3-5-9/h1-5,10-13H,6-8H2. The summed E-state index contributed by atoms with van der Waals surface area (Å²) in [6.45, 7) is 0.842. The van der Waals surface area contributed by atoms with Crippen molar-refractivity contribution in [2.24, 2.45) is 11.8 Å². The number of hydrogen-bond acceptors (Lipinski definition) is 2. The molecule has 17 heavy (non-hydrogen) atoms. The smallest absolute Gasteiger partial charge is 0.233 e. The van der Waals surface area contributed by atoms with Crippen molar-refractivity contribution in [3.05, 3.63) is 30.3 Å². The minimum absolute atomic E-state index is 0.133. The van der Waals surface area contributed by atoms with E-state index in [0.29, 0.717) is 12.0 Å². The highest BCUT2D eigenvalue weighted by Crippen LogP contribution is 2.48. The largest absolute Gasteiger partial charge is 0.374 e. The summed E-state index contributed by atoms with van der Waals surface area (Å²) in [7, 11) is 0. The third-order valence-corrected chi connectivity index (χ3v) is 4.44.